The minimum absolute atomic E-state index is 0.136. The first-order chi connectivity index (χ1) is 11.7. The Labute approximate surface area is 140 Å². The van der Waals surface area contributed by atoms with Crippen molar-refractivity contribution in [1.82, 2.24) is 9.97 Å². The van der Waals surface area contributed by atoms with Crippen molar-refractivity contribution in [2.24, 2.45) is 5.92 Å². The molecule has 0 amide bonds. The maximum Gasteiger partial charge on any atom is 0.305 e. The number of aryl methyl sites for hydroxylation is 1. The predicted molar refractivity (Wildman–Crippen MR) is 92.7 cm³/mol. The van der Waals surface area contributed by atoms with Crippen LogP contribution >= 0.6 is 0 Å². The molecule has 1 atom stereocenters. The Balaban J connectivity index is 1.46. The van der Waals surface area contributed by atoms with Crippen LogP contribution in [0.15, 0.2) is 41.2 Å². The number of benzene rings is 1. The van der Waals surface area contributed by atoms with E-state index in [4.69, 9.17) is 4.74 Å². The van der Waals surface area contributed by atoms with Crippen LogP contribution in [0.3, 0.4) is 0 Å². The second kappa shape index (κ2) is 7.90. The summed E-state index contributed by atoms with van der Waals surface area (Å²) in [6.07, 6.45) is 9.01. The zero-order valence-corrected chi connectivity index (χ0v) is 13.7. The van der Waals surface area contributed by atoms with Crippen LogP contribution < -0.4 is 5.56 Å². The summed E-state index contributed by atoms with van der Waals surface area (Å²) >= 11 is 0. The third-order valence-electron chi connectivity index (χ3n) is 4.31. The molecule has 2 aromatic rings. The van der Waals surface area contributed by atoms with Crippen molar-refractivity contribution < 1.29 is 9.53 Å². The summed E-state index contributed by atoms with van der Waals surface area (Å²) in [6, 6.07) is 7.25. The smallest absolute Gasteiger partial charge is 0.305 e. The van der Waals surface area contributed by atoms with Crippen molar-refractivity contribution in [1.29, 1.82) is 0 Å². The van der Waals surface area contributed by atoms with Gasteiger partial charge in [-0.2, -0.15) is 0 Å². The lowest BCUT2D eigenvalue weighted by Gasteiger charge is -2.17. The third kappa shape index (κ3) is 4.31. The van der Waals surface area contributed by atoms with Crippen molar-refractivity contribution in [2.75, 3.05) is 6.61 Å². The lowest BCUT2D eigenvalue weighted by atomic mass is 9.95. The number of carbonyl (C=O) groups is 1. The van der Waals surface area contributed by atoms with Crippen LogP contribution in [0, 0.1) is 5.92 Å². The van der Waals surface area contributed by atoms with E-state index in [1.165, 1.54) is 0 Å². The molecule has 0 radical (unpaired) electrons. The largest absolute Gasteiger partial charge is 0.465 e. The molecule has 1 unspecified atom stereocenters. The number of rotatable bonds is 6. The van der Waals surface area contributed by atoms with Crippen molar-refractivity contribution in [3.8, 4) is 0 Å². The highest BCUT2D eigenvalue weighted by Crippen LogP contribution is 2.18. The SMILES string of the molecule is O=C(CCCc1nc2ccccc2c(=O)[nH]1)OCC1CC=CCC1. The van der Waals surface area contributed by atoms with Gasteiger partial charge >= 0.3 is 5.97 Å². The summed E-state index contributed by atoms with van der Waals surface area (Å²) in [5.74, 6) is 0.897. The van der Waals surface area contributed by atoms with Crippen molar-refractivity contribution in [3.05, 3.63) is 52.6 Å². The molecule has 126 valence electrons. The standard InChI is InChI=1S/C19H22N2O3/c22-18(24-13-14-7-2-1-3-8-14)12-6-11-17-20-16-10-5-4-9-15(16)19(23)21-17/h1-2,4-5,9-10,14H,3,6-8,11-13H2,(H,20,21,23). The molecule has 1 aliphatic rings. The number of nitrogens with zero attached hydrogens (tertiary/aromatic N) is 1. The van der Waals surface area contributed by atoms with Gasteiger partial charge in [-0.05, 0) is 43.7 Å². The number of aromatic nitrogens is 2. The number of carbonyl (C=O) groups excluding carboxylic acids is 1. The second-order valence-electron chi connectivity index (χ2n) is 6.22. The molecule has 1 aromatic carbocycles. The van der Waals surface area contributed by atoms with E-state index in [1.807, 2.05) is 18.2 Å². The highest BCUT2D eigenvalue weighted by atomic mass is 16.5. The quantitative estimate of drug-likeness (QED) is 0.654. The van der Waals surface area contributed by atoms with Crippen molar-refractivity contribution >= 4 is 16.9 Å². The highest BCUT2D eigenvalue weighted by molar-refractivity contribution is 5.77. The number of allylic oxidation sites excluding steroid dienone is 2. The van der Waals surface area contributed by atoms with E-state index in [0.29, 0.717) is 48.5 Å². The Hall–Kier alpha value is -2.43. The summed E-state index contributed by atoms with van der Waals surface area (Å²) in [5.41, 5.74) is 0.549. The number of hydrogen-bond donors (Lipinski definition) is 1. The number of esters is 1. The van der Waals surface area contributed by atoms with Crippen LogP contribution in [0.1, 0.15) is 37.9 Å². The fourth-order valence-electron chi connectivity index (χ4n) is 2.94. The number of H-pyrrole nitrogens is 1. The zero-order chi connectivity index (χ0) is 16.8. The fraction of sp³-hybridized carbons (Fsp3) is 0.421. The van der Waals surface area contributed by atoms with Gasteiger partial charge in [0.1, 0.15) is 5.82 Å². The van der Waals surface area contributed by atoms with Gasteiger partial charge in [0.25, 0.3) is 5.56 Å². The summed E-state index contributed by atoms with van der Waals surface area (Å²) in [4.78, 5) is 31.0. The summed E-state index contributed by atoms with van der Waals surface area (Å²) in [7, 11) is 0. The van der Waals surface area contributed by atoms with Gasteiger partial charge in [0.15, 0.2) is 0 Å². The van der Waals surface area contributed by atoms with Crippen LogP contribution in [-0.2, 0) is 16.0 Å². The first kappa shape index (κ1) is 16.4. The van der Waals surface area contributed by atoms with Gasteiger partial charge in [0, 0.05) is 12.8 Å². The van der Waals surface area contributed by atoms with Crippen LogP contribution in [0.2, 0.25) is 0 Å². The van der Waals surface area contributed by atoms with E-state index < -0.39 is 0 Å². The molecular weight excluding hydrogens is 304 g/mol. The van der Waals surface area contributed by atoms with E-state index in [0.717, 1.165) is 19.3 Å². The molecule has 0 saturated heterocycles. The van der Waals surface area contributed by atoms with E-state index in [9.17, 15) is 9.59 Å². The molecule has 0 aliphatic heterocycles. The van der Waals surface area contributed by atoms with Gasteiger partial charge < -0.3 is 9.72 Å². The molecule has 0 saturated carbocycles. The Bertz CT molecular complexity index is 795. The third-order valence-corrected chi connectivity index (χ3v) is 4.31. The van der Waals surface area contributed by atoms with Gasteiger partial charge in [0.05, 0.1) is 17.5 Å². The monoisotopic (exact) mass is 326 g/mol. The van der Waals surface area contributed by atoms with Gasteiger partial charge in [-0.15, -0.1) is 0 Å². The van der Waals surface area contributed by atoms with Crippen LogP contribution in [0.5, 0.6) is 0 Å². The molecule has 0 bridgehead atoms. The van der Waals surface area contributed by atoms with Gasteiger partial charge in [-0.1, -0.05) is 24.3 Å². The van der Waals surface area contributed by atoms with Gasteiger partial charge in [0.2, 0.25) is 0 Å². The minimum Gasteiger partial charge on any atom is -0.465 e. The number of aromatic amines is 1. The van der Waals surface area contributed by atoms with Crippen molar-refractivity contribution in [2.45, 2.75) is 38.5 Å². The zero-order valence-electron chi connectivity index (χ0n) is 13.7. The number of fused-ring (bicyclic) bond motifs is 1. The van der Waals surface area contributed by atoms with Gasteiger partial charge in [-0.3, -0.25) is 9.59 Å². The second-order valence-corrected chi connectivity index (χ2v) is 6.22. The summed E-state index contributed by atoms with van der Waals surface area (Å²) in [5, 5.41) is 0.585. The lowest BCUT2D eigenvalue weighted by molar-refractivity contribution is -0.145. The molecule has 1 N–H and O–H groups in total. The topological polar surface area (TPSA) is 72.0 Å². The molecule has 5 heteroatoms. The average Bonchev–Trinajstić information content (AvgIpc) is 2.61. The molecule has 1 heterocycles. The predicted octanol–water partition coefficient (Wildman–Crippen LogP) is 3.15. The summed E-state index contributed by atoms with van der Waals surface area (Å²) in [6.45, 7) is 0.508. The minimum atomic E-state index is -0.173. The van der Waals surface area contributed by atoms with Crippen LogP contribution in [0.4, 0.5) is 0 Å². The maximum absolute atomic E-state index is 12.0. The van der Waals surface area contributed by atoms with Gasteiger partial charge in [-0.25, -0.2) is 4.98 Å². The molecular formula is C19H22N2O3. The fourth-order valence-corrected chi connectivity index (χ4v) is 2.94. The Morgan fingerprint density at radius 3 is 3.00 bits per heavy atom. The number of para-hydroxylation sites is 1. The van der Waals surface area contributed by atoms with E-state index in [-0.39, 0.29) is 11.5 Å². The molecule has 24 heavy (non-hydrogen) atoms. The molecule has 3 rings (SSSR count). The highest BCUT2D eigenvalue weighted by Gasteiger charge is 2.13. The first-order valence-electron chi connectivity index (χ1n) is 8.51. The van der Waals surface area contributed by atoms with E-state index in [1.54, 1.807) is 6.07 Å². The number of ether oxygens (including phenoxy) is 1. The number of nitrogens with one attached hydrogen (secondary N) is 1. The molecule has 0 fully saturated rings. The maximum atomic E-state index is 12.0. The van der Waals surface area contributed by atoms with Crippen molar-refractivity contribution in [3.63, 3.8) is 0 Å². The van der Waals surface area contributed by atoms with Crippen LogP contribution in [0.25, 0.3) is 10.9 Å². The molecule has 0 spiro atoms. The number of hydrogen-bond acceptors (Lipinski definition) is 4. The Morgan fingerprint density at radius 1 is 1.29 bits per heavy atom. The van der Waals surface area contributed by atoms with Crippen LogP contribution in [-0.4, -0.2) is 22.5 Å². The first-order valence-corrected chi connectivity index (χ1v) is 8.51. The van der Waals surface area contributed by atoms with E-state index in [2.05, 4.69) is 22.1 Å². The molecule has 1 aliphatic carbocycles. The summed E-state index contributed by atoms with van der Waals surface area (Å²) < 4.78 is 5.35. The average molecular weight is 326 g/mol. The van der Waals surface area contributed by atoms with E-state index >= 15 is 0 Å². The normalized spacial score (nSPS) is 17.1. The molecule has 5 nitrogen and oxygen atoms in total. The lowest BCUT2D eigenvalue weighted by Crippen LogP contribution is -2.16. The Kier molecular flexibility index (Phi) is 5.41. The molecule has 1 aromatic heterocycles. The Morgan fingerprint density at radius 2 is 2.17 bits per heavy atom.